The second-order valence-corrected chi connectivity index (χ2v) is 4.58. The van der Waals surface area contributed by atoms with Crippen molar-refractivity contribution in [2.45, 2.75) is 50.7 Å². The lowest BCUT2D eigenvalue weighted by Gasteiger charge is -2.26. The molecule has 0 aromatic carbocycles. The van der Waals surface area contributed by atoms with E-state index in [1.807, 2.05) is 0 Å². The zero-order valence-electron chi connectivity index (χ0n) is 10.5. The Morgan fingerprint density at radius 3 is 2.76 bits per heavy atom. The Balaban J connectivity index is 1.96. The number of hydrogen-bond donors (Lipinski definition) is 2. The van der Waals surface area contributed by atoms with E-state index < -0.39 is 0 Å². The Morgan fingerprint density at radius 2 is 2.12 bits per heavy atom. The van der Waals surface area contributed by atoms with E-state index in [0.717, 1.165) is 32.1 Å². The molecular formula is C13H24N2O2. The van der Waals surface area contributed by atoms with Crippen molar-refractivity contribution < 1.29 is 9.53 Å². The summed E-state index contributed by atoms with van der Waals surface area (Å²) < 4.78 is 5.70. The Labute approximate surface area is 104 Å². The van der Waals surface area contributed by atoms with Gasteiger partial charge in [0, 0.05) is 19.0 Å². The number of ether oxygens (including phenoxy) is 1. The highest BCUT2D eigenvalue weighted by atomic mass is 16.5. The molecule has 0 atom stereocenters. The average molecular weight is 240 g/mol. The quantitative estimate of drug-likeness (QED) is 0.521. The molecule has 1 aliphatic carbocycles. The van der Waals surface area contributed by atoms with Crippen LogP contribution in [0.25, 0.3) is 0 Å². The van der Waals surface area contributed by atoms with Crippen molar-refractivity contribution in [2.24, 2.45) is 5.73 Å². The maximum Gasteiger partial charge on any atom is 0.220 e. The van der Waals surface area contributed by atoms with E-state index in [1.165, 1.54) is 0 Å². The van der Waals surface area contributed by atoms with Gasteiger partial charge in [-0.1, -0.05) is 6.08 Å². The number of carbonyl (C=O) groups excluding carboxylic acids is 1. The summed E-state index contributed by atoms with van der Waals surface area (Å²) in [5, 5.41) is 2.83. The number of rotatable bonds is 7. The highest BCUT2D eigenvalue weighted by Gasteiger charge is 2.18. The van der Waals surface area contributed by atoms with Gasteiger partial charge in [0.2, 0.25) is 5.91 Å². The summed E-state index contributed by atoms with van der Waals surface area (Å²) in [6.07, 6.45) is 7.53. The summed E-state index contributed by atoms with van der Waals surface area (Å²) in [4.78, 5) is 11.3. The fraction of sp³-hybridized carbons (Fsp3) is 0.769. The molecule has 0 saturated heterocycles. The second kappa shape index (κ2) is 8.25. The monoisotopic (exact) mass is 240 g/mol. The summed E-state index contributed by atoms with van der Waals surface area (Å²) >= 11 is 0. The van der Waals surface area contributed by atoms with Gasteiger partial charge < -0.3 is 15.8 Å². The number of hydrogen-bond acceptors (Lipinski definition) is 3. The summed E-state index contributed by atoms with van der Waals surface area (Å²) in [6.45, 7) is 4.77. The summed E-state index contributed by atoms with van der Waals surface area (Å²) in [6, 6.07) is 0.355. The number of carbonyl (C=O) groups is 1. The highest BCUT2D eigenvalue weighted by molar-refractivity contribution is 5.75. The molecule has 0 aliphatic heterocycles. The number of allylic oxidation sites excluding steroid dienone is 1. The van der Waals surface area contributed by atoms with Crippen molar-refractivity contribution in [3.05, 3.63) is 12.7 Å². The Bertz CT molecular complexity index is 236. The van der Waals surface area contributed by atoms with Crippen LogP contribution in [0.1, 0.15) is 38.5 Å². The lowest BCUT2D eigenvalue weighted by atomic mass is 9.94. The maximum atomic E-state index is 11.3. The molecule has 0 aromatic rings. The Kier molecular flexibility index (Phi) is 6.89. The zero-order valence-corrected chi connectivity index (χ0v) is 10.5. The van der Waals surface area contributed by atoms with E-state index in [9.17, 15) is 4.79 Å². The molecule has 0 radical (unpaired) electrons. The molecular weight excluding hydrogens is 216 g/mol. The first-order valence-corrected chi connectivity index (χ1v) is 6.47. The van der Waals surface area contributed by atoms with Crippen LogP contribution < -0.4 is 11.1 Å². The van der Waals surface area contributed by atoms with Crippen LogP contribution >= 0.6 is 0 Å². The van der Waals surface area contributed by atoms with Crippen LogP contribution in [0, 0.1) is 0 Å². The lowest BCUT2D eigenvalue weighted by Crippen LogP contribution is -2.32. The van der Waals surface area contributed by atoms with E-state index in [2.05, 4.69) is 11.9 Å². The average Bonchev–Trinajstić information content (AvgIpc) is 2.34. The molecule has 0 unspecified atom stereocenters. The van der Waals surface area contributed by atoms with Crippen LogP contribution in [0.15, 0.2) is 12.7 Å². The predicted octanol–water partition coefficient (Wildman–Crippen LogP) is 1.36. The third-order valence-corrected chi connectivity index (χ3v) is 3.07. The molecule has 0 spiro atoms. The molecule has 0 bridgehead atoms. The first kappa shape index (κ1) is 14.2. The second-order valence-electron chi connectivity index (χ2n) is 4.58. The van der Waals surface area contributed by atoms with Crippen molar-refractivity contribution in [1.82, 2.24) is 5.32 Å². The van der Waals surface area contributed by atoms with Crippen molar-refractivity contribution in [3.8, 4) is 0 Å². The minimum absolute atomic E-state index is 0.0687. The van der Waals surface area contributed by atoms with Crippen molar-refractivity contribution in [2.75, 3.05) is 13.2 Å². The van der Waals surface area contributed by atoms with Crippen LogP contribution in [0.3, 0.4) is 0 Å². The smallest absolute Gasteiger partial charge is 0.220 e. The van der Waals surface area contributed by atoms with Gasteiger partial charge >= 0.3 is 0 Å². The van der Waals surface area contributed by atoms with Gasteiger partial charge in [0.15, 0.2) is 0 Å². The normalized spacial score (nSPS) is 24.3. The van der Waals surface area contributed by atoms with Crippen LogP contribution in [0.2, 0.25) is 0 Å². The highest BCUT2D eigenvalue weighted by Crippen LogP contribution is 2.19. The van der Waals surface area contributed by atoms with Gasteiger partial charge in [-0.2, -0.15) is 0 Å². The van der Waals surface area contributed by atoms with Crippen molar-refractivity contribution >= 4 is 5.91 Å². The van der Waals surface area contributed by atoms with E-state index >= 15 is 0 Å². The molecule has 4 nitrogen and oxygen atoms in total. The van der Waals surface area contributed by atoms with E-state index in [4.69, 9.17) is 10.5 Å². The van der Waals surface area contributed by atoms with Gasteiger partial charge in [-0.15, -0.1) is 6.58 Å². The first-order valence-electron chi connectivity index (χ1n) is 6.47. The van der Waals surface area contributed by atoms with Crippen LogP contribution in [-0.2, 0) is 9.53 Å². The topological polar surface area (TPSA) is 64.3 Å². The van der Waals surface area contributed by atoms with E-state index in [0.29, 0.717) is 31.7 Å². The zero-order chi connectivity index (χ0) is 12.5. The van der Waals surface area contributed by atoms with Gasteiger partial charge in [-0.3, -0.25) is 4.79 Å². The van der Waals surface area contributed by atoms with Crippen molar-refractivity contribution in [1.29, 1.82) is 0 Å². The third-order valence-electron chi connectivity index (χ3n) is 3.07. The molecule has 0 aromatic heterocycles. The maximum absolute atomic E-state index is 11.3. The predicted molar refractivity (Wildman–Crippen MR) is 68.6 cm³/mol. The van der Waals surface area contributed by atoms with E-state index in [1.54, 1.807) is 6.08 Å². The van der Waals surface area contributed by atoms with E-state index in [-0.39, 0.29) is 5.91 Å². The van der Waals surface area contributed by atoms with Crippen molar-refractivity contribution in [3.63, 3.8) is 0 Å². The summed E-state index contributed by atoms with van der Waals surface area (Å²) in [5.41, 5.74) is 5.82. The van der Waals surface area contributed by atoms with Gasteiger partial charge in [0.05, 0.1) is 12.7 Å². The molecule has 1 rings (SSSR count). The molecule has 98 valence electrons. The SMILES string of the molecule is C=CCCC(=O)NCCOC1CCC(N)CC1. The number of amides is 1. The lowest BCUT2D eigenvalue weighted by molar-refractivity contribution is -0.121. The molecule has 0 heterocycles. The molecule has 4 heteroatoms. The number of nitrogens with one attached hydrogen (secondary N) is 1. The van der Waals surface area contributed by atoms with Crippen LogP contribution in [0.5, 0.6) is 0 Å². The van der Waals surface area contributed by atoms with Gasteiger partial charge in [0.25, 0.3) is 0 Å². The van der Waals surface area contributed by atoms with Crippen LogP contribution in [-0.4, -0.2) is 31.2 Å². The number of nitrogens with two attached hydrogens (primary N) is 1. The Morgan fingerprint density at radius 1 is 1.41 bits per heavy atom. The van der Waals surface area contributed by atoms with Gasteiger partial charge in [-0.05, 0) is 32.1 Å². The largest absolute Gasteiger partial charge is 0.376 e. The van der Waals surface area contributed by atoms with Crippen LogP contribution in [0.4, 0.5) is 0 Å². The molecule has 1 amide bonds. The van der Waals surface area contributed by atoms with Gasteiger partial charge in [-0.25, -0.2) is 0 Å². The minimum atomic E-state index is 0.0687. The first-order chi connectivity index (χ1) is 8.22. The molecule has 1 fully saturated rings. The molecule has 17 heavy (non-hydrogen) atoms. The third kappa shape index (κ3) is 6.44. The summed E-state index contributed by atoms with van der Waals surface area (Å²) in [7, 11) is 0. The molecule has 1 aliphatic rings. The summed E-state index contributed by atoms with van der Waals surface area (Å²) in [5.74, 6) is 0.0687. The van der Waals surface area contributed by atoms with Gasteiger partial charge in [0.1, 0.15) is 0 Å². The molecule has 1 saturated carbocycles. The Hall–Kier alpha value is -0.870. The fourth-order valence-corrected chi connectivity index (χ4v) is 1.99. The fourth-order valence-electron chi connectivity index (χ4n) is 1.99. The molecule has 3 N–H and O–H groups in total. The minimum Gasteiger partial charge on any atom is -0.376 e. The standard InChI is InChI=1S/C13H24N2O2/c1-2-3-4-13(16)15-9-10-17-12-7-5-11(14)6-8-12/h2,11-12H,1,3-10,14H2,(H,15,16).